The summed E-state index contributed by atoms with van der Waals surface area (Å²) in [6.07, 6.45) is 5.23. The van der Waals surface area contributed by atoms with E-state index in [0.29, 0.717) is 28.8 Å². The number of nitrogens with one attached hydrogen (secondary N) is 1. The van der Waals surface area contributed by atoms with Gasteiger partial charge in [-0.15, -0.1) is 0 Å². The summed E-state index contributed by atoms with van der Waals surface area (Å²) in [7, 11) is 1.28. The van der Waals surface area contributed by atoms with Crippen molar-refractivity contribution in [2.45, 2.75) is 64.4 Å². The minimum Gasteiger partial charge on any atom is -0.508 e. The molecule has 7 heteroatoms. The fourth-order valence-corrected chi connectivity index (χ4v) is 5.35. The van der Waals surface area contributed by atoms with Crippen molar-refractivity contribution >= 4 is 17.7 Å². The first-order chi connectivity index (χ1) is 15.8. The number of carbonyl (C=O) groups is 3. The first kappa shape index (κ1) is 23.1. The van der Waals surface area contributed by atoms with Gasteiger partial charge in [0, 0.05) is 22.9 Å². The van der Waals surface area contributed by atoms with Crippen LogP contribution in [0.25, 0.3) is 0 Å². The van der Waals surface area contributed by atoms with Gasteiger partial charge < -0.3 is 19.9 Å². The van der Waals surface area contributed by atoms with E-state index < -0.39 is 23.8 Å². The van der Waals surface area contributed by atoms with Crippen LogP contribution in [0.15, 0.2) is 46.8 Å². The lowest BCUT2D eigenvalue weighted by molar-refractivity contribution is -0.151. The number of phenols is 1. The standard InChI is InChI=1S/C26H31NO6/c1-14-13-19-23(24(29)20(14)25(30)32-3)22(16-9-11-17(28)12-10-16)21(15(2)27-19)26(31)33-18-7-5-4-6-8-18/h9-12,14,18,20,22,27-28H,4-8,13H2,1-3H3/t14-,20-,22+/m0/s1. The summed E-state index contributed by atoms with van der Waals surface area (Å²) in [6.45, 7) is 3.67. The zero-order valence-electron chi connectivity index (χ0n) is 19.3. The highest BCUT2D eigenvalue weighted by Crippen LogP contribution is 2.46. The third-order valence-corrected chi connectivity index (χ3v) is 7.02. The molecule has 176 valence electrons. The summed E-state index contributed by atoms with van der Waals surface area (Å²) in [4.78, 5) is 39.6. The summed E-state index contributed by atoms with van der Waals surface area (Å²) >= 11 is 0. The number of phenolic OH excluding ortho intramolecular Hbond substituents is 1. The molecule has 0 spiro atoms. The van der Waals surface area contributed by atoms with Gasteiger partial charge in [-0.1, -0.05) is 25.5 Å². The lowest BCUT2D eigenvalue weighted by atomic mass is 9.69. The Morgan fingerprint density at radius 2 is 1.76 bits per heavy atom. The molecule has 3 aliphatic rings. The van der Waals surface area contributed by atoms with Crippen LogP contribution in [0.3, 0.4) is 0 Å². The monoisotopic (exact) mass is 453 g/mol. The SMILES string of the molecule is COC(=O)[C@@H]1C(=O)C2=C(C[C@@H]1C)NC(C)=C(C(=O)OC1CCCCC1)[C@H]2c1ccc(O)cc1. The Hall–Kier alpha value is -3.09. The van der Waals surface area contributed by atoms with E-state index >= 15 is 0 Å². The van der Waals surface area contributed by atoms with Crippen LogP contribution in [-0.4, -0.2) is 36.0 Å². The molecule has 0 bridgehead atoms. The molecule has 2 N–H and O–H groups in total. The minimum atomic E-state index is -0.927. The lowest BCUT2D eigenvalue weighted by Crippen LogP contribution is -2.43. The number of dihydropyridines is 1. The average molecular weight is 454 g/mol. The van der Waals surface area contributed by atoms with Crippen LogP contribution < -0.4 is 5.32 Å². The second kappa shape index (κ2) is 9.41. The van der Waals surface area contributed by atoms with E-state index in [-0.39, 0.29) is 23.6 Å². The van der Waals surface area contributed by atoms with Gasteiger partial charge in [0.2, 0.25) is 0 Å². The number of hydrogen-bond acceptors (Lipinski definition) is 7. The summed E-state index contributed by atoms with van der Waals surface area (Å²) in [6, 6.07) is 6.47. The number of ether oxygens (including phenoxy) is 2. The van der Waals surface area contributed by atoms with E-state index in [1.54, 1.807) is 12.1 Å². The van der Waals surface area contributed by atoms with Gasteiger partial charge in [0.15, 0.2) is 5.78 Å². The van der Waals surface area contributed by atoms with Crippen molar-refractivity contribution in [3.05, 3.63) is 52.4 Å². The van der Waals surface area contributed by atoms with Crippen LogP contribution in [0, 0.1) is 11.8 Å². The molecule has 2 aliphatic carbocycles. The largest absolute Gasteiger partial charge is 0.508 e. The number of carbonyl (C=O) groups excluding carboxylic acids is 3. The van der Waals surface area contributed by atoms with Gasteiger partial charge >= 0.3 is 11.9 Å². The molecule has 0 unspecified atom stereocenters. The molecule has 33 heavy (non-hydrogen) atoms. The maximum atomic E-state index is 13.7. The molecule has 1 aliphatic heterocycles. The third-order valence-electron chi connectivity index (χ3n) is 7.02. The topological polar surface area (TPSA) is 102 Å². The number of esters is 2. The molecule has 7 nitrogen and oxygen atoms in total. The summed E-state index contributed by atoms with van der Waals surface area (Å²) in [5.74, 6) is -3.12. The van der Waals surface area contributed by atoms with Gasteiger partial charge in [0.1, 0.15) is 17.8 Å². The number of benzene rings is 1. The fourth-order valence-electron chi connectivity index (χ4n) is 5.35. The quantitative estimate of drug-likeness (QED) is 0.527. The van der Waals surface area contributed by atoms with Gasteiger partial charge in [-0.05, 0) is 62.6 Å². The summed E-state index contributed by atoms with van der Waals surface area (Å²) < 4.78 is 10.8. The van der Waals surface area contributed by atoms with Gasteiger partial charge in [-0.3, -0.25) is 9.59 Å². The van der Waals surface area contributed by atoms with E-state index in [0.717, 1.165) is 37.8 Å². The number of methoxy groups -OCH3 is 1. The Morgan fingerprint density at radius 1 is 1.09 bits per heavy atom. The number of aromatic hydroxyl groups is 1. The second-order valence-corrected chi connectivity index (χ2v) is 9.29. The van der Waals surface area contributed by atoms with E-state index in [9.17, 15) is 19.5 Å². The first-order valence-corrected chi connectivity index (χ1v) is 11.6. The number of ketones is 1. The molecule has 1 saturated carbocycles. The summed E-state index contributed by atoms with van der Waals surface area (Å²) in [5.41, 5.74) is 2.82. The molecular formula is C26H31NO6. The molecule has 0 amide bonds. The number of rotatable bonds is 4. The predicted octanol–water partition coefficient (Wildman–Crippen LogP) is 3.88. The van der Waals surface area contributed by atoms with Gasteiger partial charge in [-0.2, -0.15) is 0 Å². The van der Waals surface area contributed by atoms with Crippen LogP contribution in [-0.2, 0) is 23.9 Å². The minimum absolute atomic E-state index is 0.0879. The van der Waals surface area contributed by atoms with Crippen LogP contribution in [0.4, 0.5) is 0 Å². The van der Waals surface area contributed by atoms with Crippen LogP contribution in [0.5, 0.6) is 5.75 Å². The molecule has 1 heterocycles. The van der Waals surface area contributed by atoms with Crippen LogP contribution in [0.1, 0.15) is 63.9 Å². The van der Waals surface area contributed by atoms with E-state index in [2.05, 4.69) is 5.32 Å². The molecule has 0 aromatic heterocycles. The normalized spacial score (nSPS) is 25.9. The Balaban J connectivity index is 1.77. The maximum absolute atomic E-state index is 13.7. The second-order valence-electron chi connectivity index (χ2n) is 9.29. The fraction of sp³-hybridized carbons (Fsp3) is 0.500. The smallest absolute Gasteiger partial charge is 0.337 e. The highest BCUT2D eigenvalue weighted by atomic mass is 16.5. The third kappa shape index (κ3) is 4.41. The molecule has 1 fully saturated rings. The summed E-state index contributed by atoms with van der Waals surface area (Å²) in [5, 5.41) is 13.1. The van der Waals surface area contributed by atoms with Crippen LogP contribution >= 0.6 is 0 Å². The first-order valence-electron chi connectivity index (χ1n) is 11.6. The molecular weight excluding hydrogens is 422 g/mol. The van der Waals surface area contributed by atoms with E-state index in [1.807, 2.05) is 13.8 Å². The maximum Gasteiger partial charge on any atom is 0.337 e. The molecule has 4 rings (SSSR count). The van der Waals surface area contributed by atoms with Crippen LogP contribution in [0.2, 0.25) is 0 Å². The van der Waals surface area contributed by atoms with Crippen molar-refractivity contribution in [2.75, 3.05) is 7.11 Å². The Kier molecular flexibility index (Phi) is 6.58. The number of hydrogen-bond donors (Lipinski definition) is 2. The Morgan fingerprint density at radius 3 is 2.39 bits per heavy atom. The van der Waals surface area contributed by atoms with Crippen molar-refractivity contribution in [2.24, 2.45) is 11.8 Å². The average Bonchev–Trinajstić information content (AvgIpc) is 2.79. The van der Waals surface area contributed by atoms with E-state index in [4.69, 9.17) is 9.47 Å². The number of allylic oxidation sites excluding steroid dienone is 3. The van der Waals surface area contributed by atoms with Crippen molar-refractivity contribution in [1.29, 1.82) is 0 Å². The zero-order valence-corrected chi connectivity index (χ0v) is 19.3. The Labute approximate surface area is 193 Å². The molecule has 0 radical (unpaired) electrons. The highest BCUT2D eigenvalue weighted by Gasteiger charge is 2.47. The highest BCUT2D eigenvalue weighted by molar-refractivity contribution is 6.12. The molecule has 3 atom stereocenters. The zero-order chi connectivity index (χ0) is 23.7. The van der Waals surface area contributed by atoms with Crippen molar-refractivity contribution in [1.82, 2.24) is 5.32 Å². The van der Waals surface area contributed by atoms with Crippen molar-refractivity contribution in [3.8, 4) is 5.75 Å². The van der Waals surface area contributed by atoms with Gasteiger partial charge in [0.25, 0.3) is 0 Å². The van der Waals surface area contributed by atoms with Crippen molar-refractivity contribution in [3.63, 3.8) is 0 Å². The number of Topliss-reactive ketones (excluding diaryl/α,β-unsaturated/α-hetero) is 1. The lowest BCUT2D eigenvalue weighted by Gasteiger charge is -2.38. The molecule has 1 aromatic carbocycles. The van der Waals surface area contributed by atoms with Crippen molar-refractivity contribution < 1.29 is 29.0 Å². The van der Waals surface area contributed by atoms with Gasteiger partial charge in [-0.25, -0.2) is 4.79 Å². The molecule has 0 saturated heterocycles. The van der Waals surface area contributed by atoms with Gasteiger partial charge in [0.05, 0.1) is 12.7 Å². The van der Waals surface area contributed by atoms with E-state index in [1.165, 1.54) is 19.2 Å². The molecule has 1 aromatic rings. The Bertz CT molecular complexity index is 1020. The predicted molar refractivity (Wildman–Crippen MR) is 121 cm³/mol.